The number of amides is 2. The van der Waals surface area contributed by atoms with E-state index in [0.29, 0.717) is 5.69 Å². The molecule has 0 aliphatic rings. The van der Waals surface area contributed by atoms with Gasteiger partial charge < -0.3 is 20.5 Å². The molecule has 0 heterocycles. The number of ether oxygens (including phenoxy) is 1. The van der Waals surface area contributed by atoms with E-state index in [1.165, 1.54) is 0 Å². The molecule has 1 atom stereocenters. The number of hydrogen-bond acceptors (Lipinski definition) is 4. The van der Waals surface area contributed by atoms with E-state index in [4.69, 9.17) is 5.11 Å². The second-order valence-electron chi connectivity index (χ2n) is 4.59. The molecule has 0 saturated carbocycles. The van der Waals surface area contributed by atoms with Gasteiger partial charge in [-0.25, -0.2) is 9.59 Å². The molecule has 0 spiro atoms. The first-order valence-corrected chi connectivity index (χ1v) is 6.28. The van der Waals surface area contributed by atoms with E-state index < -0.39 is 30.4 Å². The smallest absolute Gasteiger partial charge is 0.326 e. The third-order valence-corrected chi connectivity index (χ3v) is 2.84. The predicted octanol–water partition coefficient (Wildman–Crippen LogP) is 1.44. The molecule has 0 bridgehead atoms. The number of carbonyl (C=O) groups excluding carboxylic acids is 2. The second kappa shape index (κ2) is 7.28. The van der Waals surface area contributed by atoms with Crippen LogP contribution in [0.25, 0.3) is 0 Å². The van der Waals surface area contributed by atoms with E-state index in [2.05, 4.69) is 15.4 Å². The van der Waals surface area contributed by atoms with Gasteiger partial charge in [0.1, 0.15) is 6.04 Å². The molecule has 0 aliphatic carbocycles. The van der Waals surface area contributed by atoms with Crippen molar-refractivity contribution in [3.8, 4) is 0 Å². The van der Waals surface area contributed by atoms with E-state index in [1.54, 1.807) is 6.07 Å². The lowest BCUT2D eigenvalue weighted by Gasteiger charge is -2.15. The Morgan fingerprint density at radius 1 is 1.29 bits per heavy atom. The monoisotopic (exact) mass is 294 g/mol. The molecule has 2 amide bonds. The van der Waals surface area contributed by atoms with Crippen molar-refractivity contribution in [2.75, 3.05) is 12.4 Å². The van der Waals surface area contributed by atoms with Crippen molar-refractivity contribution in [3.63, 3.8) is 0 Å². The molecule has 0 radical (unpaired) electrons. The number of rotatable bonds is 5. The van der Waals surface area contributed by atoms with Crippen LogP contribution < -0.4 is 10.6 Å². The summed E-state index contributed by atoms with van der Waals surface area (Å²) >= 11 is 0. The zero-order valence-corrected chi connectivity index (χ0v) is 12.1. The van der Waals surface area contributed by atoms with Crippen LogP contribution in [0.3, 0.4) is 0 Å². The Balaban J connectivity index is 2.72. The van der Waals surface area contributed by atoms with Gasteiger partial charge in [0.25, 0.3) is 0 Å². The van der Waals surface area contributed by atoms with Crippen molar-refractivity contribution in [2.24, 2.45) is 0 Å². The second-order valence-corrected chi connectivity index (χ2v) is 4.59. The van der Waals surface area contributed by atoms with E-state index in [0.717, 1.165) is 18.2 Å². The van der Waals surface area contributed by atoms with Crippen molar-refractivity contribution in [2.45, 2.75) is 26.3 Å². The fourth-order valence-corrected chi connectivity index (χ4v) is 1.64. The van der Waals surface area contributed by atoms with Crippen LogP contribution in [0.2, 0.25) is 0 Å². The normalized spacial score (nSPS) is 11.4. The van der Waals surface area contributed by atoms with Crippen molar-refractivity contribution in [1.29, 1.82) is 0 Å². The number of hydrogen-bond donors (Lipinski definition) is 3. The average Bonchev–Trinajstić information content (AvgIpc) is 2.41. The molecule has 0 fully saturated rings. The van der Waals surface area contributed by atoms with Gasteiger partial charge >= 0.3 is 18.0 Å². The summed E-state index contributed by atoms with van der Waals surface area (Å²) in [4.78, 5) is 33.9. The molecule has 0 unspecified atom stereocenters. The van der Waals surface area contributed by atoms with Gasteiger partial charge in [-0.2, -0.15) is 0 Å². The number of carbonyl (C=O) groups is 3. The fourth-order valence-electron chi connectivity index (χ4n) is 1.64. The molecule has 3 N–H and O–H groups in total. The summed E-state index contributed by atoms with van der Waals surface area (Å²) in [5.74, 6) is -2.02. The Labute approximate surface area is 122 Å². The van der Waals surface area contributed by atoms with Gasteiger partial charge in [0.15, 0.2) is 0 Å². The molecule has 7 heteroatoms. The molecule has 1 rings (SSSR count). The number of carboxylic acid groups (broad SMARTS) is 1. The Morgan fingerprint density at radius 3 is 2.52 bits per heavy atom. The quantitative estimate of drug-likeness (QED) is 0.713. The molecule has 21 heavy (non-hydrogen) atoms. The summed E-state index contributed by atoms with van der Waals surface area (Å²) in [6.45, 7) is 3.69. The van der Waals surface area contributed by atoms with Crippen LogP contribution in [-0.2, 0) is 14.3 Å². The van der Waals surface area contributed by atoms with Gasteiger partial charge in [-0.1, -0.05) is 12.1 Å². The van der Waals surface area contributed by atoms with Crippen LogP contribution in [-0.4, -0.2) is 36.2 Å². The largest absolute Gasteiger partial charge is 0.480 e. The van der Waals surface area contributed by atoms with Gasteiger partial charge in [-0.05, 0) is 31.0 Å². The van der Waals surface area contributed by atoms with E-state index in [-0.39, 0.29) is 0 Å². The maximum atomic E-state index is 11.8. The number of carboxylic acids is 1. The number of nitrogens with one attached hydrogen (secondary N) is 2. The van der Waals surface area contributed by atoms with E-state index in [9.17, 15) is 14.4 Å². The van der Waals surface area contributed by atoms with E-state index >= 15 is 0 Å². The Bertz CT molecular complexity index is 556. The predicted molar refractivity (Wildman–Crippen MR) is 76.1 cm³/mol. The van der Waals surface area contributed by atoms with Crippen LogP contribution in [0.15, 0.2) is 18.2 Å². The third kappa shape index (κ3) is 5.13. The lowest BCUT2D eigenvalue weighted by atomic mass is 10.1. The number of aryl methyl sites for hydroxylation is 2. The van der Waals surface area contributed by atoms with Gasteiger partial charge in [-0.3, -0.25) is 4.79 Å². The number of benzene rings is 1. The Morgan fingerprint density at radius 2 is 1.95 bits per heavy atom. The molecule has 0 aliphatic heterocycles. The molecular weight excluding hydrogens is 276 g/mol. The summed E-state index contributed by atoms with van der Waals surface area (Å²) in [5, 5.41) is 13.8. The van der Waals surface area contributed by atoms with Gasteiger partial charge in [0, 0.05) is 5.69 Å². The van der Waals surface area contributed by atoms with Gasteiger partial charge in [0.2, 0.25) is 0 Å². The van der Waals surface area contributed by atoms with Crippen LogP contribution >= 0.6 is 0 Å². The highest BCUT2D eigenvalue weighted by molar-refractivity contribution is 5.94. The van der Waals surface area contributed by atoms with Gasteiger partial charge in [0.05, 0.1) is 13.5 Å². The molecule has 1 aromatic carbocycles. The third-order valence-electron chi connectivity index (χ3n) is 2.84. The number of esters is 1. The van der Waals surface area contributed by atoms with Crippen LogP contribution in [0.5, 0.6) is 0 Å². The Kier molecular flexibility index (Phi) is 5.71. The molecule has 114 valence electrons. The van der Waals surface area contributed by atoms with Gasteiger partial charge in [-0.15, -0.1) is 0 Å². The minimum Gasteiger partial charge on any atom is -0.480 e. The maximum Gasteiger partial charge on any atom is 0.326 e. The number of aliphatic carboxylic acids is 1. The number of anilines is 1. The highest BCUT2D eigenvalue weighted by Crippen LogP contribution is 2.16. The fraction of sp³-hybridized carbons (Fsp3) is 0.357. The summed E-state index contributed by atoms with van der Waals surface area (Å²) in [6.07, 6.45) is -0.438. The minimum absolute atomic E-state index is 0.438. The first-order chi connectivity index (χ1) is 9.83. The number of urea groups is 1. The summed E-state index contributed by atoms with van der Waals surface area (Å²) in [6, 6.07) is 3.47. The summed E-state index contributed by atoms with van der Waals surface area (Å²) < 4.78 is 4.39. The molecule has 1 aromatic rings. The van der Waals surface area contributed by atoms with Crippen molar-refractivity contribution in [3.05, 3.63) is 29.3 Å². The summed E-state index contributed by atoms with van der Waals surface area (Å²) in [7, 11) is 1.15. The number of methoxy groups -OCH3 is 1. The molecular formula is C14H18N2O5. The van der Waals surface area contributed by atoms with Crippen molar-refractivity contribution >= 4 is 23.7 Å². The van der Waals surface area contributed by atoms with Crippen molar-refractivity contribution < 1.29 is 24.2 Å². The van der Waals surface area contributed by atoms with Crippen molar-refractivity contribution in [1.82, 2.24) is 5.32 Å². The molecule has 0 saturated heterocycles. The average molecular weight is 294 g/mol. The van der Waals surface area contributed by atoms with Crippen LogP contribution in [0, 0.1) is 13.8 Å². The Hall–Kier alpha value is -2.57. The lowest BCUT2D eigenvalue weighted by molar-refractivity contribution is -0.147. The van der Waals surface area contributed by atoms with E-state index in [1.807, 2.05) is 26.0 Å². The molecule has 0 aromatic heterocycles. The molecule has 7 nitrogen and oxygen atoms in total. The first kappa shape index (κ1) is 16.5. The zero-order valence-electron chi connectivity index (χ0n) is 12.1. The highest BCUT2D eigenvalue weighted by Gasteiger charge is 2.23. The minimum atomic E-state index is -1.34. The van der Waals surface area contributed by atoms with Crippen LogP contribution in [0.4, 0.5) is 10.5 Å². The standard InChI is InChI=1S/C14H18N2O5/c1-8-4-5-9(2)10(6-8)15-14(20)16-11(13(18)19)7-12(17)21-3/h4-6,11H,7H2,1-3H3,(H,18,19)(H2,15,16,20)/t11-/m0/s1. The zero-order chi connectivity index (χ0) is 16.0. The topological polar surface area (TPSA) is 105 Å². The van der Waals surface area contributed by atoms with Crippen LogP contribution in [0.1, 0.15) is 17.5 Å². The first-order valence-electron chi connectivity index (χ1n) is 6.28. The highest BCUT2D eigenvalue weighted by atomic mass is 16.5. The lowest BCUT2D eigenvalue weighted by Crippen LogP contribution is -2.44. The summed E-state index contributed by atoms with van der Waals surface area (Å²) in [5.41, 5.74) is 2.38. The SMILES string of the molecule is COC(=O)C[C@H](NC(=O)Nc1cc(C)ccc1C)C(=O)O. The maximum absolute atomic E-state index is 11.8.